The van der Waals surface area contributed by atoms with Crippen molar-refractivity contribution in [3.05, 3.63) is 47.5 Å². The smallest absolute Gasteiger partial charge is 0.231 e. The third-order valence-electron chi connectivity index (χ3n) is 6.84. The number of aromatic nitrogens is 5. The molecule has 35 heavy (non-hydrogen) atoms. The molecule has 1 aromatic carbocycles. The van der Waals surface area contributed by atoms with E-state index in [-0.39, 0.29) is 11.8 Å². The van der Waals surface area contributed by atoms with E-state index in [1.54, 1.807) is 18.5 Å². The van der Waals surface area contributed by atoms with Crippen LogP contribution in [-0.2, 0) is 17.8 Å². The molecular weight excluding hydrogens is 466 g/mol. The van der Waals surface area contributed by atoms with Crippen LogP contribution in [-0.4, -0.2) is 43.7 Å². The molecule has 6 rings (SSSR count). The van der Waals surface area contributed by atoms with Crippen molar-refractivity contribution in [2.45, 2.75) is 45.1 Å². The highest BCUT2D eigenvalue weighted by molar-refractivity contribution is 6.30. The highest BCUT2D eigenvalue weighted by atomic mass is 35.5. The van der Waals surface area contributed by atoms with E-state index >= 15 is 0 Å². The zero-order valence-electron chi connectivity index (χ0n) is 19.3. The summed E-state index contributed by atoms with van der Waals surface area (Å²) in [5.41, 5.74) is 3.19. The molecule has 10 heteroatoms. The number of amides is 1. The van der Waals surface area contributed by atoms with E-state index in [9.17, 15) is 4.79 Å². The summed E-state index contributed by atoms with van der Waals surface area (Å²) in [5.74, 6) is 1.94. The van der Waals surface area contributed by atoms with Gasteiger partial charge in [0.1, 0.15) is 17.8 Å². The number of aryl methyl sites for hydroxylation is 2. The number of piperidine rings is 1. The number of nitrogens with one attached hydrogen (secondary N) is 1. The molecule has 1 amide bonds. The molecule has 1 saturated heterocycles. The Bertz CT molecular complexity index is 1380. The van der Waals surface area contributed by atoms with E-state index in [0.29, 0.717) is 23.1 Å². The van der Waals surface area contributed by atoms with E-state index in [0.717, 1.165) is 73.6 Å². The highest BCUT2D eigenvalue weighted by Gasteiger charge is 2.29. The Labute approximate surface area is 207 Å². The van der Waals surface area contributed by atoms with Crippen molar-refractivity contribution in [1.29, 1.82) is 0 Å². The Morgan fingerprint density at radius 2 is 2.06 bits per heavy atom. The Morgan fingerprint density at radius 3 is 2.97 bits per heavy atom. The van der Waals surface area contributed by atoms with Crippen molar-refractivity contribution in [3.8, 4) is 11.3 Å². The number of halogens is 1. The molecule has 1 atom stereocenters. The van der Waals surface area contributed by atoms with Gasteiger partial charge in [-0.1, -0.05) is 35.3 Å². The second-order valence-corrected chi connectivity index (χ2v) is 9.66. The van der Waals surface area contributed by atoms with Gasteiger partial charge in [-0.15, -0.1) is 0 Å². The summed E-state index contributed by atoms with van der Waals surface area (Å²) >= 11 is 6.08. The van der Waals surface area contributed by atoms with Crippen molar-refractivity contribution >= 4 is 40.4 Å². The molecule has 9 nitrogen and oxygen atoms in total. The van der Waals surface area contributed by atoms with Gasteiger partial charge in [0.15, 0.2) is 17.0 Å². The molecule has 1 unspecified atom stereocenters. The molecule has 0 aliphatic carbocycles. The molecule has 3 aromatic heterocycles. The van der Waals surface area contributed by atoms with E-state index < -0.39 is 0 Å². The predicted octanol–water partition coefficient (Wildman–Crippen LogP) is 4.72. The van der Waals surface area contributed by atoms with Gasteiger partial charge in [0.05, 0.1) is 5.92 Å². The number of imidazole rings is 1. The number of anilines is 2. The summed E-state index contributed by atoms with van der Waals surface area (Å²) < 4.78 is 7.61. The molecule has 5 heterocycles. The number of hydrogen-bond donors (Lipinski definition) is 1. The second kappa shape index (κ2) is 9.30. The maximum Gasteiger partial charge on any atom is 0.231 e. The van der Waals surface area contributed by atoms with Crippen LogP contribution in [0.5, 0.6) is 0 Å². The number of nitrogens with zero attached hydrogens (tertiary/aromatic N) is 6. The van der Waals surface area contributed by atoms with Gasteiger partial charge < -0.3 is 14.0 Å². The van der Waals surface area contributed by atoms with Crippen LogP contribution in [0.25, 0.3) is 22.4 Å². The minimum atomic E-state index is -0.200. The first-order valence-electron chi connectivity index (χ1n) is 12.1. The molecule has 2 aliphatic heterocycles. The summed E-state index contributed by atoms with van der Waals surface area (Å²) in [5, 5.41) is 7.58. The maximum atomic E-state index is 13.1. The Kier molecular flexibility index (Phi) is 5.85. The lowest BCUT2D eigenvalue weighted by atomic mass is 9.97. The largest absolute Gasteiger partial charge is 0.354 e. The summed E-state index contributed by atoms with van der Waals surface area (Å²) in [6.45, 7) is 2.34. The molecule has 1 N–H and O–H groups in total. The van der Waals surface area contributed by atoms with Gasteiger partial charge in [-0.2, -0.15) is 0 Å². The third kappa shape index (κ3) is 4.36. The molecule has 0 radical (unpaired) electrons. The standard InChI is InChI=1S/C25H26ClN7O2/c26-18-8-4-6-16(12-18)19-13-21(35-31-19)30-25(34)17-7-5-10-32(14-17)23-22-24(28-15-27-23)33-11-3-1-2-9-20(33)29-22/h4,6,8,12-13,15,17H,1-3,5,7,9-11,14H2,(H,30,34). The minimum Gasteiger partial charge on any atom is -0.354 e. The highest BCUT2D eigenvalue weighted by Crippen LogP contribution is 2.30. The van der Waals surface area contributed by atoms with Crippen LogP contribution in [0, 0.1) is 5.92 Å². The summed E-state index contributed by atoms with van der Waals surface area (Å²) in [4.78, 5) is 29.3. The van der Waals surface area contributed by atoms with Gasteiger partial charge in [-0.3, -0.25) is 10.1 Å². The Balaban J connectivity index is 1.19. The minimum absolute atomic E-state index is 0.0885. The lowest BCUT2D eigenvalue weighted by Gasteiger charge is -2.32. The monoisotopic (exact) mass is 491 g/mol. The van der Waals surface area contributed by atoms with E-state index in [4.69, 9.17) is 21.1 Å². The summed E-state index contributed by atoms with van der Waals surface area (Å²) in [7, 11) is 0. The van der Waals surface area contributed by atoms with Gasteiger partial charge >= 0.3 is 0 Å². The number of hydrogen-bond acceptors (Lipinski definition) is 7. The van der Waals surface area contributed by atoms with Crippen LogP contribution in [0.1, 0.15) is 37.9 Å². The van der Waals surface area contributed by atoms with Gasteiger partial charge in [0.2, 0.25) is 11.8 Å². The van der Waals surface area contributed by atoms with Crippen LogP contribution in [0.4, 0.5) is 11.7 Å². The lowest BCUT2D eigenvalue weighted by molar-refractivity contribution is -0.120. The van der Waals surface area contributed by atoms with Crippen LogP contribution in [0.2, 0.25) is 5.02 Å². The molecule has 2 aliphatic rings. The molecule has 4 aromatic rings. The topological polar surface area (TPSA) is 102 Å². The third-order valence-corrected chi connectivity index (χ3v) is 7.08. The first kappa shape index (κ1) is 22.0. The molecule has 1 fully saturated rings. The fourth-order valence-corrected chi connectivity index (χ4v) is 5.27. The zero-order chi connectivity index (χ0) is 23.8. The number of benzene rings is 1. The van der Waals surface area contributed by atoms with Gasteiger partial charge in [0.25, 0.3) is 0 Å². The van der Waals surface area contributed by atoms with Gasteiger partial charge in [-0.05, 0) is 37.8 Å². The van der Waals surface area contributed by atoms with Crippen molar-refractivity contribution in [2.24, 2.45) is 5.92 Å². The van der Waals surface area contributed by atoms with Crippen LogP contribution in [0.3, 0.4) is 0 Å². The zero-order valence-corrected chi connectivity index (χ0v) is 20.0. The van der Waals surface area contributed by atoms with Crippen molar-refractivity contribution in [1.82, 2.24) is 24.7 Å². The number of rotatable bonds is 4. The predicted molar refractivity (Wildman–Crippen MR) is 133 cm³/mol. The van der Waals surface area contributed by atoms with E-state index in [2.05, 4.69) is 29.9 Å². The first-order chi connectivity index (χ1) is 17.2. The van der Waals surface area contributed by atoms with E-state index in [1.807, 2.05) is 18.2 Å². The summed E-state index contributed by atoms with van der Waals surface area (Å²) in [6.07, 6.45) is 7.79. The molecule has 0 bridgehead atoms. The van der Waals surface area contributed by atoms with Crippen molar-refractivity contribution < 1.29 is 9.32 Å². The average molecular weight is 492 g/mol. The van der Waals surface area contributed by atoms with Crippen LogP contribution < -0.4 is 10.2 Å². The first-order valence-corrected chi connectivity index (χ1v) is 12.5. The number of carbonyl (C=O) groups excluding carboxylic acids is 1. The van der Waals surface area contributed by atoms with Crippen LogP contribution in [0.15, 0.2) is 41.2 Å². The molecule has 0 saturated carbocycles. The maximum absolute atomic E-state index is 13.1. The SMILES string of the molecule is O=C(Nc1cc(-c2cccc(Cl)c2)no1)C1CCCN(c2ncnc3c2nc2n3CCCCC2)C1. The molecule has 0 spiro atoms. The van der Waals surface area contributed by atoms with E-state index in [1.165, 1.54) is 6.42 Å². The van der Waals surface area contributed by atoms with Gasteiger partial charge in [-0.25, -0.2) is 15.0 Å². The fourth-order valence-electron chi connectivity index (χ4n) is 5.08. The Hall–Kier alpha value is -3.46. The number of fused-ring (bicyclic) bond motifs is 3. The average Bonchev–Trinajstić information content (AvgIpc) is 3.41. The van der Waals surface area contributed by atoms with Crippen molar-refractivity contribution in [3.63, 3.8) is 0 Å². The molecular formula is C25H26ClN7O2. The van der Waals surface area contributed by atoms with Gasteiger partial charge in [0, 0.05) is 42.7 Å². The molecule has 180 valence electrons. The quantitative estimate of drug-likeness (QED) is 0.440. The normalized spacial score (nSPS) is 18.3. The number of carbonyl (C=O) groups is 1. The summed E-state index contributed by atoms with van der Waals surface area (Å²) in [6, 6.07) is 9.07. The van der Waals surface area contributed by atoms with Crippen LogP contribution >= 0.6 is 11.6 Å². The lowest BCUT2D eigenvalue weighted by Crippen LogP contribution is -2.41. The fraction of sp³-hybridized carbons (Fsp3) is 0.400. The Morgan fingerprint density at radius 1 is 1.11 bits per heavy atom. The second-order valence-electron chi connectivity index (χ2n) is 9.22. The van der Waals surface area contributed by atoms with Crippen molar-refractivity contribution in [2.75, 3.05) is 23.3 Å².